The molecule has 17 heavy (non-hydrogen) atoms. The maximum atomic E-state index is 12.4. The normalized spacial score (nSPS) is 12.2. The molecule has 1 rings (SSSR count). The van der Waals surface area contributed by atoms with E-state index in [-0.39, 0.29) is 0 Å². The summed E-state index contributed by atoms with van der Waals surface area (Å²) in [7, 11) is -5.02. The molecule has 94 valence electrons. The number of urea groups is 1. The van der Waals surface area contributed by atoms with Crippen LogP contribution in [0.2, 0.25) is 0 Å². The zero-order chi connectivity index (χ0) is 13.3. The van der Waals surface area contributed by atoms with Crippen LogP contribution >= 0.6 is 0 Å². The molecule has 0 aliphatic heterocycles. The number of primary amides is 1. The molecular weight excluding hydrogens is 261 g/mol. The highest BCUT2D eigenvalue weighted by molar-refractivity contribution is 7.89. The molecule has 0 spiro atoms. The number of halogens is 3. The van der Waals surface area contributed by atoms with Crippen LogP contribution in [0.3, 0.4) is 0 Å². The van der Waals surface area contributed by atoms with Crippen LogP contribution < -0.4 is 5.73 Å². The molecule has 0 saturated carbocycles. The number of rotatable bonds is 2. The highest BCUT2D eigenvalue weighted by Crippen LogP contribution is 2.28. The fourth-order valence-electron chi connectivity index (χ4n) is 1.08. The van der Waals surface area contributed by atoms with Crippen LogP contribution in [0, 0.1) is 0 Å². The quantitative estimate of drug-likeness (QED) is 0.820. The second-order valence-corrected chi connectivity index (χ2v) is 4.68. The SMILES string of the molecule is NC(=O)N(C(F)(F)F)S(=O)(=O)c1ccccc1. The minimum Gasteiger partial charge on any atom is -0.350 e. The highest BCUT2D eigenvalue weighted by Gasteiger charge is 2.49. The Labute approximate surface area is 94.7 Å². The van der Waals surface area contributed by atoms with Gasteiger partial charge in [-0.05, 0) is 12.1 Å². The average molecular weight is 268 g/mol. The van der Waals surface area contributed by atoms with Crippen molar-refractivity contribution in [3.05, 3.63) is 30.3 Å². The van der Waals surface area contributed by atoms with Crippen molar-refractivity contribution in [3.63, 3.8) is 0 Å². The van der Waals surface area contributed by atoms with Crippen molar-refractivity contribution in [3.8, 4) is 0 Å². The first-order chi connectivity index (χ1) is 7.67. The van der Waals surface area contributed by atoms with E-state index in [0.29, 0.717) is 0 Å². The molecule has 0 heterocycles. The van der Waals surface area contributed by atoms with Gasteiger partial charge in [-0.3, -0.25) is 0 Å². The van der Waals surface area contributed by atoms with Crippen molar-refractivity contribution in [2.75, 3.05) is 0 Å². The summed E-state index contributed by atoms with van der Waals surface area (Å²) >= 11 is 0. The Bertz CT molecular complexity index is 513. The van der Waals surface area contributed by atoms with Crippen LogP contribution in [-0.4, -0.2) is 25.1 Å². The highest BCUT2D eigenvalue weighted by atomic mass is 32.2. The number of sulfonamides is 1. The molecule has 0 atom stereocenters. The van der Waals surface area contributed by atoms with Gasteiger partial charge >= 0.3 is 12.3 Å². The molecule has 0 unspecified atom stereocenters. The Morgan fingerprint density at radius 3 is 2.00 bits per heavy atom. The number of nitrogens with zero attached hydrogens (tertiary/aromatic N) is 1. The smallest absolute Gasteiger partial charge is 0.350 e. The van der Waals surface area contributed by atoms with Crippen molar-refractivity contribution >= 4 is 16.1 Å². The second-order valence-electron chi connectivity index (χ2n) is 2.89. The molecule has 0 bridgehead atoms. The summed E-state index contributed by atoms with van der Waals surface area (Å²) in [6.45, 7) is 0. The standard InChI is InChI=1S/C8H7F3N2O3S/c9-8(10,11)13(7(12)14)17(15,16)6-4-2-1-3-5-6/h1-5H,(H2,12,14). The first-order valence-corrected chi connectivity index (χ1v) is 5.58. The van der Waals surface area contributed by atoms with E-state index < -0.39 is 31.6 Å². The second kappa shape index (κ2) is 4.24. The van der Waals surface area contributed by atoms with Crippen LogP contribution in [-0.2, 0) is 10.0 Å². The van der Waals surface area contributed by atoms with Gasteiger partial charge in [0.1, 0.15) is 0 Å². The number of benzene rings is 1. The Hall–Kier alpha value is -1.77. The summed E-state index contributed by atoms with van der Waals surface area (Å²) < 4.78 is 58.9. The van der Waals surface area contributed by atoms with E-state index in [0.717, 1.165) is 12.1 Å². The molecule has 1 aromatic carbocycles. The summed E-state index contributed by atoms with van der Waals surface area (Å²) in [6.07, 6.45) is -5.40. The molecule has 0 radical (unpaired) electrons. The Balaban J connectivity index is 3.35. The topological polar surface area (TPSA) is 80.5 Å². The third-order valence-corrected chi connectivity index (χ3v) is 3.45. The van der Waals surface area contributed by atoms with Gasteiger partial charge < -0.3 is 5.73 Å². The van der Waals surface area contributed by atoms with E-state index in [4.69, 9.17) is 0 Å². The van der Waals surface area contributed by atoms with E-state index in [1.54, 1.807) is 0 Å². The molecule has 0 aliphatic rings. The number of hydrogen-bond donors (Lipinski definition) is 1. The van der Waals surface area contributed by atoms with Crippen LogP contribution in [0.15, 0.2) is 35.2 Å². The van der Waals surface area contributed by atoms with Gasteiger partial charge in [0.2, 0.25) is 0 Å². The predicted octanol–water partition coefficient (Wildman–Crippen LogP) is 1.28. The zero-order valence-electron chi connectivity index (χ0n) is 8.18. The van der Waals surface area contributed by atoms with E-state index in [1.807, 2.05) is 0 Å². The number of carbonyl (C=O) groups excluding carboxylic acids is 1. The lowest BCUT2D eigenvalue weighted by Gasteiger charge is -2.22. The molecule has 0 saturated heterocycles. The molecule has 0 fully saturated rings. The average Bonchev–Trinajstić information content (AvgIpc) is 2.15. The van der Waals surface area contributed by atoms with Gasteiger partial charge in [0.05, 0.1) is 4.90 Å². The van der Waals surface area contributed by atoms with E-state index >= 15 is 0 Å². The zero-order valence-corrected chi connectivity index (χ0v) is 8.99. The minimum atomic E-state index is -5.40. The van der Waals surface area contributed by atoms with Gasteiger partial charge in [-0.25, -0.2) is 13.2 Å². The summed E-state index contributed by atoms with van der Waals surface area (Å²) in [5, 5.41) is 0. The van der Waals surface area contributed by atoms with E-state index in [9.17, 15) is 26.4 Å². The number of hydrogen-bond acceptors (Lipinski definition) is 3. The monoisotopic (exact) mass is 268 g/mol. The Kier molecular flexibility index (Phi) is 3.32. The van der Waals surface area contributed by atoms with Gasteiger partial charge in [-0.15, -0.1) is 17.5 Å². The van der Waals surface area contributed by atoms with Crippen molar-refractivity contribution in [1.29, 1.82) is 0 Å². The van der Waals surface area contributed by atoms with Crippen LogP contribution in [0.25, 0.3) is 0 Å². The van der Waals surface area contributed by atoms with Gasteiger partial charge in [0.15, 0.2) is 0 Å². The largest absolute Gasteiger partial charge is 0.502 e. The van der Waals surface area contributed by atoms with Gasteiger partial charge in [-0.1, -0.05) is 18.2 Å². The first kappa shape index (κ1) is 13.3. The van der Waals surface area contributed by atoms with E-state index in [1.165, 1.54) is 18.2 Å². The lowest BCUT2D eigenvalue weighted by Crippen LogP contribution is -2.49. The fourth-order valence-corrected chi connectivity index (χ4v) is 2.30. The summed E-state index contributed by atoms with van der Waals surface area (Å²) in [6, 6.07) is 3.61. The molecule has 2 N–H and O–H groups in total. The molecule has 1 aromatic rings. The van der Waals surface area contributed by atoms with Gasteiger partial charge in [0.25, 0.3) is 10.0 Å². The minimum absolute atomic E-state index is 0.670. The molecule has 0 aliphatic carbocycles. The molecule has 9 heteroatoms. The molecule has 5 nitrogen and oxygen atoms in total. The fraction of sp³-hybridized carbons (Fsp3) is 0.125. The molecule has 2 amide bonds. The van der Waals surface area contributed by atoms with Crippen molar-refractivity contribution in [2.24, 2.45) is 5.73 Å². The van der Waals surface area contributed by atoms with Gasteiger partial charge in [0, 0.05) is 0 Å². The van der Waals surface area contributed by atoms with Gasteiger partial charge in [-0.2, -0.15) is 0 Å². The summed E-state index contributed by atoms with van der Waals surface area (Å²) in [5.74, 6) is 0. The summed E-state index contributed by atoms with van der Waals surface area (Å²) in [4.78, 5) is 9.94. The third kappa shape index (κ3) is 2.67. The first-order valence-electron chi connectivity index (χ1n) is 4.14. The summed E-state index contributed by atoms with van der Waals surface area (Å²) in [5.41, 5.74) is 4.43. The molecule has 0 aromatic heterocycles. The number of amides is 2. The van der Waals surface area contributed by atoms with Crippen molar-refractivity contribution < 1.29 is 26.4 Å². The maximum Gasteiger partial charge on any atom is 0.502 e. The van der Waals surface area contributed by atoms with Crippen molar-refractivity contribution in [1.82, 2.24) is 4.31 Å². The Morgan fingerprint density at radius 2 is 1.65 bits per heavy atom. The van der Waals surface area contributed by atoms with Crippen LogP contribution in [0.4, 0.5) is 18.0 Å². The third-order valence-electron chi connectivity index (χ3n) is 1.71. The number of nitrogens with two attached hydrogens (primary N) is 1. The molecular formula is C8H7F3N2O3S. The van der Waals surface area contributed by atoms with E-state index in [2.05, 4.69) is 5.73 Å². The van der Waals surface area contributed by atoms with Crippen LogP contribution in [0.1, 0.15) is 0 Å². The lowest BCUT2D eigenvalue weighted by molar-refractivity contribution is -0.191. The predicted molar refractivity (Wildman–Crippen MR) is 51.1 cm³/mol. The Morgan fingerprint density at radius 1 is 1.18 bits per heavy atom. The maximum absolute atomic E-state index is 12.4. The van der Waals surface area contributed by atoms with Crippen molar-refractivity contribution in [2.45, 2.75) is 11.2 Å². The number of alkyl halides is 3. The number of carbonyl (C=O) groups is 1. The lowest BCUT2D eigenvalue weighted by atomic mass is 10.4. The van der Waals surface area contributed by atoms with Crippen LogP contribution in [0.5, 0.6) is 0 Å².